The lowest BCUT2D eigenvalue weighted by atomic mass is 10.1. The minimum atomic E-state index is -0.643. The maximum atomic E-state index is 11.0. The van der Waals surface area contributed by atoms with Crippen molar-refractivity contribution in [1.29, 1.82) is 0 Å². The van der Waals surface area contributed by atoms with Gasteiger partial charge in [-0.05, 0) is 29.8 Å². The minimum absolute atomic E-state index is 0.0744. The highest BCUT2D eigenvalue weighted by molar-refractivity contribution is 5.61. The summed E-state index contributed by atoms with van der Waals surface area (Å²) in [6.07, 6.45) is 3.33. The van der Waals surface area contributed by atoms with Crippen molar-refractivity contribution < 1.29 is 19.3 Å². The second-order valence-corrected chi connectivity index (χ2v) is 4.93. The fourth-order valence-electron chi connectivity index (χ4n) is 2.05. The van der Waals surface area contributed by atoms with Crippen LogP contribution in [0, 0.1) is 4.91 Å². The third-order valence-corrected chi connectivity index (χ3v) is 3.31. The van der Waals surface area contributed by atoms with Crippen molar-refractivity contribution in [2.75, 3.05) is 20.8 Å². The average Bonchev–Trinajstić information content (AvgIpc) is 2.63. The molecule has 0 saturated heterocycles. The van der Waals surface area contributed by atoms with Gasteiger partial charge in [0, 0.05) is 0 Å². The summed E-state index contributed by atoms with van der Waals surface area (Å²) in [6.45, 7) is 0.135. The number of methoxy groups -OCH3 is 2. The average molecular weight is 329 g/mol. The predicted octanol–water partition coefficient (Wildman–Crippen LogP) is 3.64. The highest BCUT2D eigenvalue weighted by atomic mass is 16.5. The normalized spacial score (nSPS) is 11.9. The lowest BCUT2D eigenvalue weighted by Crippen LogP contribution is -2.12. The number of aromatic hydroxyl groups is 1. The number of ether oxygens (including phenoxy) is 3. The molecule has 0 spiro atoms. The maximum absolute atomic E-state index is 11.0. The van der Waals surface area contributed by atoms with Crippen LogP contribution in [0.4, 0.5) is 0 Å². The van der Waals surface area contributed by atoms with Crippen molar-refractivity contribution in [2.24, 2.45) is 5.18 Å². The Balaban J connectivity index is 2.08. The van der Waals surface area contributed by atoms with E-state index in [1.54, 1.807) is 36.4 Å². The van der Waals surface area contributed by atoms with E-state index >= 15 is 0 Å². The molecule has 0 fully saturated rings. The third kappa shape index (κ3) is 4.49. The molecule has 2 aromatic rings. The molecule has 0 aromatic heterocycles. The van der Waals surface area contributed by atoms with Crippen LogP contribution >= 0.6 is 0 Å². The topological polar surface area (TPSA) is 77.4 Å². The van der Waals surface area contributed by atoms with Gasteiger partial charge < -0.3 is 19.3 Å². The number of phenols is 1. The van der Waals surface area contributed by atoms with Crippen molar-refractivity contribution in [3.63, 3.8) is 0 Å². The van der Waals surface area contributed by atoms with Gasteiger partial charge in [-0.25, -0.2) is 0 Å². The molecule has 0 aliphatic carbocycles. The highest BCUT2D eigenvalue weighted by Crippen LogP contribution is 2.37. The molecule has 0 amide bonds. The fourth-order valence-corrected chi connectivity index (χ4v) is 2.05. The molecule has 0 radical (unpaired) electrons. The molecule has 0 saturated carbocycles. The van der Waals surface area contributed by atoms with E-state index in [0.29, 0.717) is 11.3 Å². The van der Waals surface area contributed by atoms with Gasteiger partial charge in [-0.1, -0.05) is 35.5 Å². The van der Waals surface area contributed by atoms with Crippen LogP contribution in [-0.2, 0) is 0 Å². The highest BCUT2D eigenvalue weighted by Gasteiger charge is 2.11. The largest absolute Gasteiger partial charge is 0.502 e. The second kappa shape index (κ2) is 8.57. The first-order valence-corrected chi connectivity index (χ1v) is 7.31. The lowest BCUT2D eigenvalue weighted by molar-refractivity contribution is 0.307. The summed E-state index contributed by atoms with van der Waals surface area (Å²) in [4.78, 5) is 11.0. The third-order valence-electron chi connectivity index (χ3n) is 3.31. The molecule has 6 nitrogen and oxygen atoms in total. The molecule has 6 heteroatoms. The second-order valence-electron chi connectivity index (χ2n) is 4.93. The first-order chi connectivity index (χ1) is 11.7. The summed E-state index contributed by atoms with van der Waals surface area (Å²) in [5.74, 6) is 1.16. The number of hydrogen-bond donors (Lipinski definition) is 1. The number of hydrogen-bond acceptors (Lipinski definition) is 6. The summed E-state index contributed by atoms with van der Waals surface area (Å²) in [6, 6.07) is 11.8. The smallest absolute Gasteiger partial charge is 0.200 e. The number of para-hydroxylation sites is 1. The standard InChI is InChI=1S/C18H19NO5/c1-22-16-10-13(11-17(23-2)18(16)20)8-9-14(19-21)12-24-15-6-4-3-5-7-15/h3-11,14,20H,12H2,1-2H3. The molecule has 1 unspecified atom stereocenters. The number of benzene rings is 2. The molecule has 1 atom stereocenters. The quantitative estimate of drug-likeness (QED) is 0.748. The van der Waals surface area contributed by atoms with E-state index in [-0.39, 0.29) is 23.9 Å². The number of phenolic OH excluding ortho intramolecular Hbond substituents is 1. The molecule has 0 heterocycles. The van der Waals surface area contributed by atoms with Crippen molar-refractivity contribution in [3.05, 3.63) is 59.0 Å². The van der Waals surface area contributed by atoms with E-state index in [1.807, 2.05) is 18.2 Å². The first-order valence-electron chi connectivity index (χ1n) is 7.31. The van der Waals surface area contributed by atoms with Crippen LogP contribution in [0.15, 0.2) is 53.7 Å². The van der Waals surface area contributed by atoms with Gasteiger partial charge in [0.15, 0.2) is 11.5 Å². The Labute approximate surface area is 140 Å². The fraction of sp³-hybridized carbons (Fsp3) is 0.222. The Morgan fingerprint density at radius 3 is 2.29 bits per heavy atom. The first kappa shape index (κ1) is 17.3. The zero-order valence-corrected chi connectivity index (χ0v) is 13.5. The molecular weight excluding hydrogens is 310 g/mol. The Hall–Kier alpha value is -3.02. The van der Waals surface area contributed by atoms with Crippen LogP contribution in [0.25, 0.3) is 6.08 Å². The molecule has 2 rings (SSSR count). The monoisotopic (exact) mass is 329 g/mol. The molecule has 24 heavy (non-hydrogen) atoms. The molecule has 1 N–H and O–H groups in total. The van der Waals surface area contributed by atoms with E-state index in [1.165, 1.54) is 14.2 Å². The summed E-state index contributed by atoms with van der Waals surface area (Å²) in [5, 5.41) is 12.9. The van der Waals surface area contributed by atoms with Gasteiger partial charge in [-0.2, -0.15) is 4.91 Å². The Bertz CT molecular complexity index is 675. The summed E-state index contributed by atoms with van der Waals surface area (Å²) in [5.41, 5.74) is 0.704. The van der Waals surface area contributed by atoms with Crippen molar-refractivity contribution >= 4 is 6.08 Å². The van der Waals surface area contributed by atoms with Crippen LogP contribution in [0.1, 0.15) is 5.56 Å². The number of nitroso groups, excluding NO2 is 1. The Morgan fingerprint density at radius 1 is 1.12 bits per heavy atom. The van der Waals surface area contributed by atoms with Gasteiger partial charge in [-0.15, -0.1) is 0 Å². The zero-order valence-electron chi connectivity index (χ0n) is 13.5. The summed E-state index contributed by atoms with van der Waals surface area (Å²) < 4.78 is 15.7. The van der Waals surface area contributed by atoms with Gasteiger partial charge in [0.1, 0.15) is 18.4 Å². The molecule has 0 bridgehead atoms. The molecular formula is C18H19NO5. The summed E-state index contributed by atoms with van der Waals surface area (Å²) >= 11 is 0. The van der Waals surface area contributed by atoms with E-state index in [0.717, 1.165) is 0 Å². The van der Waals surface area contributed by atoms with Crippen LogP contribution in [0.3, 0.4) is 0 Å². The molecule has 0 aliphatic rings. The molecule has 2 aromatic carbocycles. The maximum Gasteiger partial charge on any atom is 0.200 e. The van der Waals surface area contributed by atoms with E-state index in [2.05, 4.69) is 5.18 Å². The predicted molar refractivity (Wildman–Crippen MR) is 91.8 cm³/mol. The molecule has 0 aliphatic heterocycles. The van der Waals surface area contributed by atoms with Gasteiger partial charge in [0.2, 0.25) is 5.75 Å². The van der Waals surface area contributed by atoms with E-state index < -0.39 is 6.04 Å². The summed E-state index contributed by atoms with van der Waals surface area (Å²) in [7, 11) is 2.90. The van der Waals surface area contributed by atoms with Crippen LogP contribution in [-0.4, -0.2) is 32.0 Å². The van der Waals surface area contributed by atoms with Crippen LogP contribution in [0.5, 0.6) is 23.0 Å². The lowest BCUT2D eigenvalue weighted by Gasteiger charge is -2.10. The Morgan fingerprint density at radius 2 is 1.75 bits per heavy atom. The minimum Gasteiger partial charge on any atom is -0.502 e. The number of nitrogens with zero attached hydrogens (tertiary/aromatic N) is 1. The number of rotatable bonds is 8. The van der Waals surface area contributed by atoms with Gasteiger partial charge >= 0.3 is 0 Å². The van der Waals surface area contributed by atoms with Gasteiger partial charge in [0.25, 0.3) is 0 Å². The van der Waals surface area contributed by atoms with Crippen LogP contribution in [0.2, 0.25) is 0 Å². The van der Waals surface area contributed by atoms with Crippen LogP contribution < -0.4 is 14.2 Å². The van der Waals surface area contributed by atoms with E-state index in [4.69, 9.17) is 14.2 Å². The van der Waals surface area contributed by atoms with Gasteiger partial charge in [0.05, 0.1) is 14.2 Å². The van der Waals surface area contributed by atoms with Crippen molar-refractivity contribution in [3.8, 4) is 23.0 Å². The van der Waals surface area contributed by atoms with Crippen molar-refractivity contribution in [1.82, 2.24) is 0 Å². The SMILES string of the molecule is COc1cc(C=CC(COc2ccccc2)N=O)cc(OC)c1O. The molecule has 126 valence electrons. The van der Waals surface area contributed by atoms with Gasteiger partial charge in [-0.3, -0.25) is 0 Å². The zero-order chi connectivity index (χ0) is 17.4. The van der Waals surface area contributed by atoms with E-state index in [9.17, 15) is 10.0 Å². The van der Waals surface area contributed by atoms with Crippen molar-refractivity contribution in [2.45, 2.75) is 6.04 Å². The Kier molecular flexibility index (Phi) is 6.19.